The molecule has 4 rings (SSSR count). The first kappa shape index (κ1) is 23.9. The Balaban J connectivity index is 1.60. The molecule has 1 unspecified atom stereocenters. The number of aromatic nitrogens is 3. The molecular formula is C24H37N5O3Si. The fourth-order valence-corrected chi connectivity index (χ4v) is 4.89. The fraction of sp³-hybridized carbons (Fsp3) is 0.667. The third-order valence-electron chi connectivity index (χ3n) is 6.84. The number of rotatable bonds is 11. The number of carbonyl (C=O) groups is 2. The number of nitrogens with two attached hydrogens (primary N) is 1. The van der Waals surface area contributed by atoms with Crippen molar-refractivity contribution in [3.8, 4) is 0 Å². The Hall–Kier alpha value is -2.26. The van der Waals surface area contributed by atoms with Gasteiger partial charge in [-0.2, -0.15) is 0 Å². The van der Waals surface area contributed by atoms with E-state index in [1.54, 1.807) is 20.0 Å². The molecule has 0 spiro atoms. The van der Waals surface area contributed by atoms with Gasteiger partial charge in [0.05, 0.1) is 22.9 Å². The molecule has 2 saturated carbocycles. The number of nitrogens with zero attached hydrogens (tertiary/aromatic N) is 3. The number of ether oxygens (including phenoxy) is 1. The van der Waals surface area contributed by atoms with Gasteiger partial charge in [-0.15, -0.1) is 0 Å². The molecule has 0 aromatic carbocycles. The van der Waals surface area contributed by atoms with Crippen molar-refractivity contribution in [3.63, 3.8) is 0 Å². The zero-order chi connectivity index (χ0) is 24.0. The zero-order valence-electron chi connectivity index (χ0n) is 20.5. The van der Waals surface area contributed by atoms with Crippen LogP contribution in [-0.4, -0.2) is 47.1 Å². The van der Waals surface area contributed by atoms with E-state index in [-0.39, 0.29) is 17.9 Å². The van der Waals surface area contributed by atoms with Crippen molar-refractivity contribution in [3.05, 3.63) is 23.7 Å². The van der Waals surface area contributed by atoms with E-state index < -0.39 is 19.4 Å². The predicted molar refractivity (Wildman–Crippen MR) is 131 cm³/mol. The van der Waals surface area contributed by atoms with Crippen LogP contribution in [0.1, 0.15) is 61.5 Å². The average Bonchev–Trinajstić information content (AvgIpc) is 3.64. The van der Waals surface area contributed by atoms with Crippen molar-refractivity contribution in [2.45, 2.75) is 83.9 Å². The number of nitrogens with one attached hydrogen (secondary N) is 1. The van der Waals surface area contributed by atoms with E-state index in [0.717, 1.165) is 37.4 Å². The Morgan fingerprint density at radius 1 is 1.27 bits per heavy atom. The van der Waals surface area contributed by atoms with E-state index in [1.165, 1.54) is 0 Å². The van der Waals surface area contributed by atoms with E-state index in [1.807, 2.05) is 10.8 Å². The second-order valence-electron chi connectivity index (χ2n) is 11.5. The van der Waals surface area contributed by atoms with Crippen LogP contribution in [0.4, 0.5) is 0 Å². The highest BCUT2D eigenvalue weighted by Gasteiger charge is 2.45. The van der Waals surface area contributed by atoms with Gasteiger partial charge in [-0.1, -0.05) is 19.6 Å². The monoisotopic (exact) mass is 471 g/mol. The second-order valence-corrected chi connectivity index (χ2v) is 17.1. The van der Waals surface area contributed by atoms with Gasteiger partial charge in [-0.25, -0.2) is 9.97 Å². The van der Waals surface area contributed by atoms with E-state index in [2.05, 4.69) is 29.9 Å². The number of carbonyl (C=O) groups excluding carboxylic acids is 2. The number of hydrogen-bond donors (Lipinski definition) is 2. The second kappa shape index (κ2) is 8.83. The molecule has 9 heteroatoms. The Kier molecular flexibility index (Phi) is 6.39. The third-order valence-corrected chi connectivity index (χ3v) is 8.55. The van der Waals surface area contributed by atoms with Crippen LogP contribution in [0.5, 0.6) is 0 Å². The van der Waals surface area contributed by atoms with Crippen molar-refractivity contribution in [1.29, 1.82) is 0 Å². The van der Waals surface area contributed by atoms with Crippen molar-refractivity contribution < 1.29 is 14.3 Å². The van der Waals surface area contributed by atoms with Gasteiger partial charge >= 0.3 is 0 Å². The van der Waals surface area contributed by atoms with Gasteiger partial charge in [-0.05, 0) is 51.5 Å². The normalized spacial score (nSPS) is 17.8. The van der Waals surface area contributed by atoms with Crippen LogP contribution in [0.15, 0.2) is 12.4 Å². The van der Waals surface area contributed by atoms with Crippen LogP contribution in [0.25, 0.3) is 11.2 Å². The van der Waals surface area contributed by atoms with Crippen molar-refractivity contribution in [2.24, 2.45) is 17.1 Å². The van der Waals surface area contributed by atoms with Gasteiger partial charge < -0.3 is 20.4 Å². The molecule has 0 radical (unpaired) electrons. The van der Waals surface area contributed by atoms with Gasteiger partial charge in [0.25, 0.3) is 5.91 Å². The number of hydrogen-bond acceptors (Lipinski definition) is 5. The molecule has 2 heterocycles. The molecule has 2 fully saturated rings. The Labute approximate surface area is 196 Å². The molecule has 0 saturated heterocycles. The first-order valence-electron chi connectivity index (χ1n) is 12.0. The number of primary amides is 1. The van der Waals surface area contributed by atoms with Crippen LogP contribution in [0, 0.1) is 11.3 Å². The summed E-state index contributed by atoms with van der Waals surface area (Å²) in [6, 6.07) is 0.760. The topological polar surface area (TPSA) is 112 Å². The molecule has 8 nitrogen and oxygen atoms in total. The van der Waals surface area contributed by atoms with Crippen LogP contribution in [0.3, 0.4) is 0 Å². The summed E-state index contributed by atoms with van der Waals surface area (Å²) >= 11 is 0. The Bertz CT molecular complexity index is 1050. The van der Waals surface area contributed by atoms with Crippen molar-refractivity contribution in [1.82, 2.24) is 19.9 Å². The SMILES string of the molecule is CC(C)(C(N)=O)C(NC(=O)c1cn(COCC[Si](C)(C)C)c2ncc(C3CC3)nc12)C1CC1. The Morgan fingerprint density at radius 3 is 2.55 bits per heavy atom. The maximum Gasteiger partial charge on any atom is 0.255 e. The van der Waals surface area contributed by atoms with Crippen LogP contribution in [-0.2, 0) is 16.3 Å². The van der Waals surface area contributed by atoms with Gasteiger partial charge in [-0.3, -0.25) is 9.59 Å². The summed E-state index contributed by atoms with van der Waals surface area (Å²) in [5.41, 5.74) is 7.49. The maximum atomic E-state index is 13.5. The standard InChI is InChI=1S/C24H37N5O3Si/c1-24(2,23(25)31)20(16-8-9-16)28-22(30)17-13-29(14-32-10-11-33(3,4)5)21-19(17)27-18(12-26-21)15-6-7-15/h12-13,15-16,20H,6-11,14H2,1-5H3,(H2,25,31)(H,28,30). The van der Waals surface area contributed by atoms with E-state index >= 15 is 0 Å². The molecule has 180 valence electrons. The average molecular weight is 472 g/mol. The number of fused-ring (bicyclic) bond motifs is 1. The minimum Gasteiger partial charge on any atom is -0.369 e. The highest BCUT2D eigenvalue weighted by molar-refractivity contribution is 6.76. The van der Waals surface area contributed by atoms with E-state index in [0.29, 0.717) is 36.0 Å². The molecule has 2 aromatic heterocycles. The van der Waals surface area contributed by atoms with E-state index in [9.17, 15) is 9.59 Å². The summed E-state index contributed by atoms with van der Waals surface area (Å²) in [7, 11) is -1.19. The highest BCUT2D eigenvalue weighted by Crippen LogP contribution is 2.41. The fourth-order valence-electron chi connectivity index (χ4n) is 4.14. The maximum absolute atomic E-state index is 13.5. The lowest BCUT2D eigenvalue weighted by molar-refractivity contribution is -0.127. The van der Waals surface area contributed by atoms with Gasteiger partial charge in [0.1, 0.15) is 12.2 Å². The minimum absolute atomic E-state index is 0.241. The summed E-state index contributed by atoms with van der Waals surface area (Å²) in [6.45, 7) is 11.6. The highest BCUT2D eigenvalue weighted by atomic mass is 28.3. The number of amides is 2. The third kappa shape index (κ3) is 5.46. The van der Waals surface area contributed by atoms with Crippen LogP contribution < -0.4 is 11.1 Å². The smallest absolute Gasteiger partial charge is 0.255 e. The Morgan fingerprint density at radius 2 is 1.97 bits per heavy atom. The lowest BCUT2D eigenvalue weighted by Gasteiger charge is -2.32. The molecule has 33 heavy (non-hydrogen) atoms. The first-order chi connectivity index (χ1) is 15.5. The van der Waals surface area contributed by atoms with Crippen LogP contribution >= 0.6 is 0 Å². The van der Waals surface area contributed by atoms with E-state index in [4.69, 9.17) is 15.5 Å². The molecule has 0 bridgehead atoms. The van der Waals surface area contributed by atoms with Gasteiger partial charge in [0, 0.05) is 32.8 Å². The lowest BCUT2D eigenvalue weighted by atomic mass is 9.80. The molecular weight excluding hydrogens is 434 g/mol. The molecule has 0 aliphatic heterocycles. The largest absolute Gasteiger partial charge is 0.369 e. The molecule has 2 aromatic rings. The van der Waals surface area contributed by atoms with Crippen molar-refractivity contribution >= 4 is 31.1 Å². The quantitative estimate of drug-likeness (QED) is 0.384. The predicted octanol–water partition coefficient (Wildman–Crippen LogP) is 3.64. The van der Waals surface area contributed by atoms with Crippen molar-refractivity contribution in [2.75, 3.05) is 6.61 Å². The minimum atomic E-state index is -1.19. The summed E-state index contributed by atoms with van der Waals surface area (Å²) in [5, 5.41) is 3.12. The van der Waals surface area contributed by atoms with Crippen LogP contribution in [0.2, 0.25) is 25.7 Å². The zero-order valence-corrected chi connectivity index (χ0v) is 21.5. The molecule has 1 atom stereocenters. The summed E-state index contributed by atoms with van der Waals surface area (Å²) in [6.07, 6.45) is 7.80. The van der Waals surface area contributed by atoms with Gasteiger partial charge in [0.2, 0.25) is 5.91 Å². The molecule has 2 aliphatic carbocycles. The summed E-state index contributed by atoms with van der Waals surface area (Å²) in [4.78, 5) is 35.0. The first-order valence-corrected chi connectivity index (χ1v) is 15.7. The van der Waals surface area contributed by atoms with Gasteiger partial charge in [0.15, 0.2) is 5.65 Å². The molecule has 3 N–H and O–H groups in total. The lowest BCUT2D eigenvalue weighted by Crippen LogP contribution is -2.52. The summed E-state index contributed by atoms with van der Waals surface area (Å²) < 4.78 is 7.80. The molecule has 2 amide bonds. The summed E-state index contributed by atoms with van der Waals surface area (Å²) in [5.74, 6) is 0.0491. The molecule has 2 aliphatic rings.